The summed E-state index contributed by atoms with van der Waals surface area (Å²) in [6.07, 6.45) is 5.27. The number of hydrogen-bond donors (Lipinski definition) is 1. The van der Waals surface area contributed by atoms with Gasteiger partial charge < -0.3 is 5.32 Å². The minimum atomic E-state index is 0.149. The van der Waals surface area contributed by atoms with Crippen LogP contribution in [0, 0.1) is 13.8 Å². The fourth-order valence-corrected chi connectivity index (χ4v) is 2.05. The maximum Gasteiger partial charge on any atom is 0.115 e. The molecule has 0 bridgehead atoms. The first-order chi connectivity index (χ1) is 8.24. The molecule has 0 saturated carbocycles. The van der Waals surface area contributed by atoms with E-state index in [9.17, 15) is 0 Å². The standard InChI is InChI=1S/C14H17N3/c1-10-5-4-6-13(11(10)2)14(15-3)12-7-16-9-17-8-12/h4-9,14-15H,1-3H3. The molecule has 1 unspecified atom stereocenters. The molecule has 0 aliphatic heterocycles. The molecule has 0 amide bonds. The molecule has 3 nitrogen and oxygen atoms in total. The van der Waals surface area contributed by atoms with Crippen LogP contribution < -0.4 is 5.32 Å². The quantitative estimate of drug-likeness (QED) is 0.875. The highest BCUT2D eigenvalue weighted by atomic mass is 14.9. The molecule has 1 aromatic heterocycles. The van der Waals surface area contributed by atoms with Gasteiger partial charge in [-0.15, -0.1) is 0 Å². The molecule has 0 spiro atoms. The van der Waals surface area contributed by atoms with Crippen molar-refractivity contribution < 1.29 is 0 Å². The van der Waals surface area contributed by atoms with E-state index in [2.05, 4.69) is 47.3 Å². The molecule has 1 N–H and O–H groups in total. The van der Waals surface area contributed by atoms with Crippen LogP contribution in [-0.2, 0) is 0 Å². The molecule has 17 heavy (non-hydrogen) atoms. The summed E-state index contributed by atoms with van der Waals surface area (Å²) in [6, 6.07) is 6.52. The van der Waals surface area contributed by atoms with Crippen LogP contribution in [0.3, 0.4) is 0 Å². The second kappa shape index (κ2) is 5.06. The van der Waals surface area contributed by atoms with Gasteiger partial charge in [0.25, 0.3) is 0 Å². The van der Waals surface area contributed by atoms with Crippen molar-refractivity contribution in [2.24, 2.45) is 0 Å². The number of aryl methyl sites for hydroxylation is 1. The third-order valence-electron chi connectivity index (χ3n) is 3.16. The lowest BCUT2D eigenvalue weighted by Gasteiger charge is -2.19. The van der Waals surface area contributed by atoms with Crippen LogP contribution in [0.5, 0.6) is 0 Å². The van der Waals surface area contributed by atoms with Crippen LogP contribution in [0.25, 0.3) is 0 Å². The summed E-state index contributed by atoms with van der Waals surface area (Å²) in [5, 5.41) is 3.32. The largest absolute Gasteiger partial charge is 0.309 e. The van der Waals surface area contributed by atoms with Gasteiger partial charge in [-0.2, -0.15) is 0 Å². The van der Waals surface area contributed by atoms with E-state index in [0.717, 1.165) is 5.56 Å². The molecule has 3 heteroatoms. The Morgan fingerprint density at radius 1 is 1.12 bits per heavy atom. The van der Waals surface area contributed by atoms with Gasteiger partial charge in [-0.05, 0) is 37.6 Å². The molecule has 1 aromatic carbocycles. The van der Waals surface area contributed by atoms with Crippen molar-refractivity contribution >= 4 is 0 Å². The zero-order valence-electron chi connectivity index (χ0n) is 10.4. The molecule has 0 aliphatic carbocycles. The second-order valence-electron chi connectivity index (χ2n) is 4.18. The van der Waals surface area contributed by atoms with Crippen LogP contribution in [0.4, 0.5) is 0 Å². The average molecular weight is 227 g/mol. The van der Waals surface area contributed by atoms with Gasteiger partial charge in [-0.1, -0.05) is 18.2 Å². The molecule has 0 aliphatic rings. The van der Waals surface area contributed by atoms with Crippen LogP contribution >= 0.6 is 0 Å². The molecule has 88 valence electrons. The predicted molar refractivity (Wildman–Crippen MR) is 68.9 cm³/mol. The first-order valence-corrected chi connectivity index (χ1v) is 5.72. The van der Waals surface area contributed by atoms with Gasteiger partial charge in [0.2, 0.25) is 0 Å². The maximum absolute atomic E-state index is 4.08. The Morgan fingerprint density at radius 2 is 1.82 bits per heavy atom. The molecule has 1 heterocycles. The van der Waals surface area contributed by atoms with E-state index in [0.29, 0.717) is 0 Å². The topological polar surface area (TPSA) is 37.8 Å². The third-order valence-corrected chi connectivity index (χ3v) is 3.16. The van der Waals surface area contributed by atoms with Crippen molar-refractivity contribution in [3.8, 4) is 0 Å². The van der Waals surface area contributed by atoms with Crippen molar-refractivity contribution in [2.75, 3.05) is 7.05 Å². The zero-order chi connectivity index (χ0) is 12.3. The lowest BCUT2D eigenvalue weighted by atomic mass is 9.94. The zero-order valence-corrected chi connectivity index (χ0v) is 10.4. The van der Waals surface area contributed by atoms with E-state index in [-0.39, 0.29) is 6.04 Å². The molecule has 2 rings (SSSR count). The lowest BCUT2D eigenvalue weighted by Crippen LogP contribution is -2.19. The number of hydrogen-bond acceptors (Lipinski definition) is 3. The molecule has 0 saturated heterocycles. The molecular weight excluding hydrogens is 210 g/mol. The maximum atomic E-state index is 4.08. The van der Waals surface area contributed by atoms with E-state index in [4.69, 9.17) is 0 Å². The highest BCUT2D eigenvalue weighted by Crippen LogP contribution is 2.25. The van der Waals surface area contributed by atoms with Crippen LogP contribution in [0.15, 0.2) is 36.9 Å². The van der Waals surface area contributed by atoms with Crippen LogP contribution in [0.1, 0.15) is 28.3 Å². The molecule has 0 fully saturated rings. The summed E-state index contributed by atoms with van der Waals surface area (Å²) in [6.45, 7) is 4.28. The Kier molecular flexibility index (Phi) is 3.49. The normalized spacial score (nSPS) is 12.4. The van der Waals surface area contributed by atoms with Crippen LogP contribution in [-0.4, -0.2) is 17.0 Å². The number of nitrogens with zero attached hydrogens (tertiary/aromatic N) is 2. The van der Waals surface area contributed by atoms with E-state index in [1.807, 2.05) is 19.4 Å². The lowest BCUT2D eigenvalue weighted by molar-refractivity contribution is 0.680. The predicted octanol–water partition coefficient (Wildman–Crippen LogP) is 2.40. The van der Waals surface area contributed by atoms with Crippen molar-refractivity contribution in [1.29, 1.82) is 0 Å². The van der Waals surface area contributed by atoms with Gasteiger partial charge in [0.15, 0.2) is 0 Å². The molecule has 2 aromatic rings. The molecule has 0 radical (unpaired) electrons. The van der Waals surface area contributed by atoms with Crippen molar-refractivity contribution in [3.63, 3.8) is 0 Å². The van der Waals surface area contributed by atoms with Gasteiger partial charge in [-0.25, -0.2) is 9.97 Å². The minimum absolute atomic E-state index is 0.149. The van der Waals surface area contributed by atoms with Gasteiger partial charge in [-0.3, -0.25) is 0 Å². The SMILES string of the molecule is CNC(c1cncnc1)c1cccc(C)c1C. The third kappa shape index (κ3) is 2.34. The van der Waals surface area contributed by atoms with E-state index < -0.39 is 0 Å². The average Bonchev–Trinajstić information content (AvgIpc) is 2.37. The Morgan fingerprint density at radius 3 is 2.47 bits per heavy atom. The van der Waals surface area contributed by atoms with Crippen molar-refractivity contribution in [2.45, 2.75) is 19.9 Å². The number of aromatic nitrogens is 2. The van der Waals surface area contributed by atoms with Gasteiger partial charge in [0.1, 0.15) is 6.33 Å². The number of rotatable bonds is 3. The van der Waals surface area contributed by atoms with Gasteiger partial charge in [0, 0.05) is 18.0 Å². The first-order valence-electron chi connectivity index (χ1n) is 5.72. The highest BCUT2D eigenvalue weighted by molar-refractivity contribution is 5.39. The monoisotopic (exact) mass is 227 g/mol. The first kappa shape index (κ1) is 11.7. The van der Waals surface area contributed by atoms with E-state index in [1.165, 1.54) is 16.7 Å². The Labute approximate surface area is 102 Å². The van der Waals surface area contributed by atoms with E-state index >= 15 is 0 Å². The Hall–Kier alpha value is -1.74. The van der Waals surface area contributed by atoms with Gasteiger partial charge >= 0.3 is 0 Å². The fourth-order valence-electron chi connectivity index (χ4n) is 2.05. The summed E-state index contributed by atoms with van der Waals surface area (Å²) >= 11 is 0. The summed E-state index contributed by atoms with van der Waals surface area (Å²) < 4.78 is 0. The second-order valence-corrected chi connectivity index (χ2v) is 4.18. The minimum Gasteiger partial charge on any atom is -0.309 e. The number of benzene rings is 1. The van der Waals surface area contributed by atoms with Crippen LogP contribution in [0.2, 0.25) is 0 Å². The van der Waals surface area contributed by atoms with Gasteiger partial charge in [0.05, 0.1) is 6.04 Å². The summed E-state index contributed by atoms with van der Waals surface area (Å²) in [7, 11) is 1.96. The van der Waals surface area contributed by atoms with Crippen molar-refractivity contribution in [1.82, 2.24) is 15.3 Å². The Bertz CT molecular complexity index is 494. The Balaban J connectivity index is 2.46. The summed E-state index contributed by atoms with van der Waals surface area (Å²) in [5.74, 6) is 0. The molecular formula is C14H17N3. The van der Waals surface area contributed by atoms with E-state index in [1.54, 1.807) is 6.33 Å². The van der Waals surface area contributed by atoms with Crippen molar-refractivity contribution in [3.05, 3.63) is 59.2 Å². The number of nitrogens with one attached hydrogen (secondary N) is 1. The smallest absolute Gasteiger partial charge is 0.115 e. The summed E-state index contributed by atoms with van der Waals surface area (Å²) in [4.78, 5) is 8.16. The highest BCUT2D eigenvalue weighted by Gasteiger charge is 2.15. The molecule has 1 atom stereocenters. The fraction of sp³-hybridized carbons (Fsp3) is 0.286. The summed E-state index contributed by atoms with van der Waals surface area (Å²) in [5.41, 5.74) is 4.99.